The van der Waals surface area contributed by atoms with Crippen LogP contribution in [-0.4, -0.2) is 50.5 Å². The first-order valence-electron chi connectivity index (χ1n) is 6.89. The summed E-state index contributed by atoms with van der Waals surface area (Å²) in [5.74, 6) is 0.890. The zero-order valence-electron chi connectivity index (χ0n) is 12.6. The van der Waals surface area contributed by atoms with E-state index in [2.05, 4.69) is 15.4 Å². The lowest BCUT2D eigenvalue weighted by Crippen LogP contribution is -2.38. The molecule has 1 N–H and O–H groups in total. The van der Waals surface area contributed by atoms with Crippen LogP contribution in [0.15, 0.2) is 6.33 Å². The van der Waals surface area contributed by atoms with Crippen molar-refractivity contribution in [3.8, 4) is 0 Å². The van der Waals surface area contributed by atoms with Gasteiger partial charge in [0.2, 0.25) is 0 Å². The van der Waals surface area contributed by atoms with E-state index in [1.54, 1.807) is 15.9 Å². The lowest BCUT2D eigenvalue weighted by molar-refractivity contribution is 0.0291. The highest BCUT2D eigenvalue weighted by molar-refractivity contribution is 5.68. The Morgan fingerprint density at radius 1 is 1.55 bits per heavy atom. The number of nitrogens with zero attached hydrogens (tertiary/aromatic N) is 4. The zero-order valence-corrected chi connectivity index (χ0v) is 12.6. The predicted octanol–water partition coefficient (Wildman–Crippen LogP) is 0.914. The minimum atomic E-state index is -0.443. The van der Waals surface area contributed by atoms with Gasteiger partial charge in [-0.25, -0.2) is 9.78 Å². The molecule has 2 rings (SSSR count). The fourth-order valence-corrected chi connectivity index (χ4v) is 2.13. The molecule has 0 saturated carbocycles. The molecule has 0 radical (unpaired) electrons. The first kappa shape index (κ1) is 14.8. The molecule has 1 fully saturated rings. The molecule has 1 unspecified atom stereocenters. The van der Waals surface area contributed by atoms with Gasteiger partial charge >= 0.3 is 6.09 Å². The molecule has 0 spiro atoms. The van der Waals surface area contributed by atoms with Crippen LogP contribution in [0.1, 0.15) is 33.0 Å². The maximum Gasteiger partial charge on any atom is 0.410 e. The van der Waals surface area contributed by atoms with E-state index in [4.69, 9.17) is 4.74 Å². The van der Waals surface area contributed by atoms with Crippen LogP contribution in [0.3, 0.4) is 0 Å². The Balaban J connectivity index is 1.78. The Kier molecular flexibility index (Phi) is 4.27. The van der Waals surface area contributed by atoms with Crippen LogP contribution in [0.5, 0.6) is 0 Å². The number of aryl methyl sites for hydroxylation is 1. The summed E-state index contributed by atoms with van der Waals surface area (Å²) in [5.41, 5.74) is -0.443. The van der Waals surface area contributed by atoms with Crippen LogP contribution in [0.4, 0.5) is 4.79 Å². The predicted molar refractivity (Wildman–Crippen MR) is 74.1 cm³/mol. The number of aromatic nitrogens is 3. The quantitative estimate of drug-likeness (QED) is 0.891. The highest BCUT2D eigenvalue weighted by Crippen LogP contribution is 2.15. The average molecular weight is 281 g/mol. The van der Waals surface area contributed by atoms with E-state index in [-0.39, 0.29) is 12.1 Å². The third kappa shape index (κ3) is 3.93. The van der Waals surface area contributed by atoms with Crippen LogP contribution in [0, 0.1) is 0 Å². The fraction of sp³-hybridized carbons (Fsp3) is 0.769. The normalized spacial score (nSPS) is 19.4. The monoisotopic (exact) mass is 281 g/mol. The molecular weight excluding hydrogens is 258 g/mol. The maximum atomic E-state index is 11.9. The first-order valence-corrected chi connectivity index (χ1v) is 6.89. The third-order valence-electron chi connectivity index (χ3n) is 3.19. The standard InChI is InChI=1S/C13H23N5O2/c1-13(2,3)20-12(19)18-6-5-10(8-18)14-7-11-15-9-16-17(11)4/h9-10,14H,5-8H2,1-4H3. The molecule has 1 saturated heterocycles. The van der Waals surface area contributed by atoms with Gasteiger partial charge in [0.25, 0.3) is 0 Å². The maximum absolute atomic E-state index is 11.9. The number of ether oxygens (including phenoxy) is 1. The molecule has 2 heterocycles. The van der Waals surface area contributed by atoms with Crippen LogP contribution in [0.2, 0.25) is 0 Å². The van der Waals surface area contributed by atoms with Crippen molar-refractivity contribution in [3.63, 3.8) is 0 Å². The van der Waals surface area contributed by atoms with Crippen molar-refractivity contribution in [1.82, 2.24) is 25.0 Å². The molecule has 7 nitrogen and oxygen atoms in total. The fourth-order valence-electron chi connectivity index (χ4n) is 2.13. The molecule has 0 bridgehead atoms. The summed E-state index contributed by atoms with van der Waals surface area (Å²) in [6, 6.07) is 0.277. The molecule has 1 aliphatic rings. The summed E-state index contributed by atoms with van der Waals surface area (Å²) in [7, 11) is 1.87. The van der Waals surface area contributed by atoms with E-state index in [1.165, 1.54) is 0 Å². The highest BCUT2D eigenvalue weighted by atomic mass is 16.6. The largest absolute Gasteiger partial charge is 0.444 e. The van der Waals surface area contributed by atoms with Crippen LogP contribution < -0.4 is 5.32 Å². The molecule has 1 atom stereocenters. The highest BCUT2D eigenvalue weighted by Gasteiger charge is 2.29. The van der Waals surface area contributed by atoms with Crippen LogP contribution in [0.25, 0.3) is 0 Å². The topological polar surface area (TPSA) is 72.3 Å². The van der Waals surface area contributed by atoms with E-state index in [9.17, 15) is 4.79 Å². The number of carbonyl (C=O) groups excluding carboxylic acids is 1. The van der Waals surface area contributed by atoms with E-state index in [1.807, 2.05) is 27.8 Å². The van der Waals surface area contributed by atoms with Gasteiger partial charge in [0.1, 0.15) is 17.8 Å². The molecule has 112 valence electrons. The van der Waals surface area contributed by atoms with Crippen LogP contribution in [-0.2, 0) is 18.3 Å². The number of hydrogen-bond donors (Lipinski definition) is 1. The lowest BCUT2D eigenvalue weighted by Gasteiger charge is -2.24. The van der Waals surface area contributed by atoms with Crippen molar-refractivity contribution in [2.24, 2.45) is 7.05 Å². The number of nitrogens with one attached hydrogen (secondary N) is 1. The van der Waals surface area contributed by atoms with Gasteiger partial charge in [0.15, 0.2) is 0 Å². The summed E-state index contributed by atoms with van der Waals surface area (Å²) < 4.78 is 7.12. The van der Waals surface area contributed by atoms with Gasteiger partial charge < -0.3 is 15.0 Å². The van der Waals surface area contributed by atoms with Gasteiger partial charge in [-0.05, 0) is 27.2 Å². The van der Waals surface area contributed by atoms with Crippen molar-refractivity contribution >= 4 is 6.09 Å². The number of rotatable bonds is 3. The summed E-state index contributed by atoms with van der Waals surface area (Å²) in [4.78, 5) is 17.9. The number of likely N-dealkylation sites (tertiary alicyclic amines) is 1. The zero-order chi connectivity index (χ0) is 14.8. The van der Waals surface area contributed by atoms with Crippen molar-refractivity contribution in [1.29, 1.82) is 0 Å². The third-order valence-corrected chi connectivity index (χ3v) is 3.19. The summed E-state index contributed by atoms with van der Waals surface area (Å²) in [6.45, 7) is 7.70. The Morgan fingerprint density at radius 3 is 2.90 bits per heavy atom. The molecular formula is C13H23N5O2. The molecule has 0 aromatic carbocycles. The molecule has 1 aromatic rings. The second-order valence-electron chi connectivity index (χ2n) is 6.09. The van der Waals surface area contributed by atoms with E-state index >= 15 is 0 Å². The summed E-state index contributed by atoms with van der Waals surface area (Å²) in [6.07, 6.45) is 2.23. The molecule has 1 aliphatic heterocycles. The second-order valence-corrected chi connectivity index (χ2v) is 6.09. The van der Waals surface area contributed by atoms with Gasteiger partial charge in [-0.15, -0.1) is 0 Å². The number of amides is 1. The Morgan fingerprint density at radius 2 is 2.30 bits per heavy atom. The number of carbonyl (C=O) groups is 1. The molecule has 7 heteroatoms. The Labute approximate surface area is 119 Å². The van der Waals surface area contributed by atoms with E-state index in [0.29, 0.717) is 13.1 Å². The minimum absolute atomic E-state index is 0.236. The number of hydrogen-bond acceptors (Lipinski definition) is 5. The summed E-state index contributed by atoms with van der Waals surface area (Å²) >= 11 is 0. The molecule has 1 amide bonds. The second kappa shape index (κ2) is 5.78. The van der Waals surface area contributed by atoms with Gasteiger partial charge in [0.05, 0.1) is 6.54 Å². The SMILES string of the molecule is Cn1ncnc1CNC1CCN(C(=O)OC(C)(C)C)C1. The Hall–Kier alpha value is -1.63. The molecule has 1 aromatic heterocycles. The molecule has 0 aliphatic carbocycles. The first-order chi connectivity index (χ1) is 9.35. The smallest absolute Gasteiger partial charge is 0.410 e. The van der Waals surface area contributed by atoms with Gasteiger partial charge in [-0.1, -0.05) is 0 Å². The van der Waals surface area contributed by atoms with Crippen LogP contribution >= 0.6 is 0 Å². The lowest BCUT2D eigenvalue weighted by atomic mass is 10.2. The average Bonchev–Trinajstić information content (AvgIpc) is 2.93. The Bertz CT molecular complexity index is 466. The van der Waals surface area contributed by atoms with Crippen molar-refractivity contribution in [2.45, 2.75) is 45.4 Å². The minimum Gasteiger partial charge on any atom is -0.444 e. The molecule has 20 heavy (non-hydrogen) atoms. The van der Waals surface area contributed by atoms with Crippen molar-refractivity contribution < 1.29 is 9.53 Å². The summed E-state index contributed by atoms with van der Waals surface area (Å²) in [5, 5.41) is 7.43. The van der Waals surface area contributed by atoms with Gasteiger partial charge in [-0.2, -0.15) is 5.10 Å². The van der Waals surface area contributed by atoms with Crippen molar-refractivity contribution in [3.05, 3.63) is 12.2 Å². The van der Waals surface area contributed by atoms with E-state index < -0.39 is 5.60 Å². The van der Waals surface area contributed by atoms with Crippen molar-refractivity contribution in [2.75, 3.05) is 13.1 Å². The van der Waals surface area contributed by atoms with Gasteiger partial charge in [-0.3, -0.25) is 4.68 Å². The van der Waals surface area contributed by atoms with E-state index in [0.717, 1.165) is 18.8 Å². The van der Waals surface area contributed by atoms with Gasteiger partial charge in [0, 0.05) is 26.2 Å².